The molecular formula is C13H18N2O3. The van der Waals surface area contributed by atoms with Crippen molar-refractivity contribution in [2.24, 2.45) is 0 Å². The summed E-state index contributed by atoms with van der Waals surface area (Å²) in [5, 5.41) is 10.6. The maximum absolute atomic E-state index is 10.6. The number of piperidine rings is 1. The van der Waals surface area contributed by atoms with Gasteiger partial charge in [0.25, 0.3) is 5.69 Å². The molecule has 0 bridgehead atoms. The number of nitro groups is 1. The quantitative estimate of drug-likeness (QED) is 0.595. The Morgan fingerprint density at radius 3 is 2.78 bits per heavy atom. The van der Waals surface area contributed by atoms with Gasteiger partial charge in [-0.25, -0.2) is 0 Å². The van der Waals surface area contributed by atoms with Gasteiger partial charge in [-0.2, -0.15) is 0 Å². The fourth-order valence-corrected chi connectivity index (χ4v) is 2.16. The average molecular weight is 250 g/mol. The number of likely N-dealkylation sites (tertiary alicyclic amines) is 1. The van der Waals surface area contributed by atoms with E-state index in [4.69, 9.17) is 4.74 Å². The second kappa shape index (κ2) is 6.35. The standard InChI is InChI=1S/C13H18N2O3/c16-15(17)12-5-4-6-13(11-12)18-10-9-14-7-2-1-3-8-14/h4-6,11H,1-3,7-10H2. The predicted octanol–water partition coefficient (Wildman–Crippen LogP) is 2.46. The summed E-state index contributed by atoms with van der Waals surface area (Å²) in [7, 11) is 0. The summed E-state index contributed by atoms with van der Waals surface area (Å²) in [6, 6.07) is 6.34. The molecule has 98 valence electrons. The molecule has 0 aromatic heterocycles. The minimum atomic E-state index is -0.405. The van der Waals surface area contributed by atoms with Crippen molar-refractivity contribution >= 4 is 5.69 Å². The highest BCUT2D eigenvalue weighted by Crippen LogP contribution is 2.19. The van der Waals surface area contributed by atoms with Gasteiger partial charge in [-0.1, -0.05) is 12.5 Å². The van der Waals surface area contributed by atoms with Gasteiger partial charge in [0, 0.05) is 12.6 Å². The van der Waals surface area contributed by atoms with Gasteiger partial charge in [0.1, 0.15) is 12.4 Å². The van der Waals surface area contributed by atoms with Crippen LogP contribution in [0.4, 0.5) is 5.69 Å². The summed E-state index contributed by atoms with van der Waals surface area (Å²) in [4.78, 5) is 12.6. The molecule has 5 nitrogen and oxygen atoms in total. The minimum absolute atomic E-state index is 0.0745. The zero-order chi connectivity index (χ0) is 12.8. The van der Waals surface area contributed by atoms with E-state index < -0.39 is 4.92 Å². The molecule has 18 heavy (non-hydrogen) atoms. The number of benzene rings is 1. The molecule has 1 heterocycles. The molecule has 0 atom stereocenters. The van der Waals surface area contributed by atoms with Crippen molar-refractivity contribution in [1.29, 1.82) is 0 Å². The van der Waals surface area contributed by atoms with E-state index in [1.54, 1.807) is 12.1 Å². The van der Waals surface area contributed by atoms with Crippen LogP contribution in [0.1, 0.15) is 19.3 Å². The lowest BCUT2D eigenvalue weighted by molar-refractivity contribution is -0.384. The maximum Gasteiger partial charge on any atom is 0.273 e. The summed E-state index contributed by atoms with van der Waals surface area (Å²) in [5.74, 6) is 0.571. The van der Waals surface area contributed by atoms with Gasteiger partial charge in [0.2, 0.25) is 0 Å². The molecule has 1 fully saturated rings. The second-order valence-corrected chi connectivity index (χ2v) is 4.51. The largest absolute Gasteiger partial charge is 0.492 e. The Labute approximate surface area is 107 Å². The van der Waals surface area contributed by atoms with E-state index in [1.165, 1.54) is 31.4 Å². The monoisotopic (exact) mass is 250 g/mol. The van der Waals surface area contributed by atoms with E-state index in [0.29, 0.717) is 12.4 Å². The van der Waals surface area contributed by atoms with Gasteiger partial charge in [-0.3, -0.25) is 15.0 Å². The number of hydrogen-bond acceptors (Lipinski definition) is 4. The molecule has 2 rings (SSSR count). The highest BCUT2D eigenvalue weighted by molar-refractivity contribution is 5.37. The first-order chi connectivity index (χ1) is 8.75. The van der Waals surface area contributed by atoms with E-state index in [-0.39, 0.29) is 5.69 Å². The molecule has 0 saturated carbocycles. The van der Waals surface area contributed by atoms with E-state index in [9.17, 15) is 10.1 Å². The Morgan fingerprint density at radius 1 is 1.28 bits per heavy atom. The van der Waals surface area contributed by atoms with Crippen LogP contribution in [0.2, 0.25) is 0 Å². The number of rotatable bonds is 5. The topological polar surface area (TPSA) is 55.6 Å². The van der Waals surface area contributed by atoms with Crippen molar-refractivity contribution in [3.63, 3.8) is 0 Å². The average Bonchev–Trinajstić information content (AvgIpc) is 2.40. The summed E-state index contributed by atoms with van der Waals surface area (Å²) >= 11 is 0. The van der Waals surface area contributed by atoms with Gasteiger partial charge >= 0.3 is 0 Å². The summed E-state index contributed by atoms with van der Waals surface area (Å²) in [6.45, 7) is 3.75. The summed E-state index contributed by atoms with van der Waals surface area (Å²) in [6.07, 6.45) is 3.84. The molecule has 1 aromatic rings. The van der Waals surface area contributed by atoms with E-state index in [0.717, 1.165) is 19.6 Å². The van der Waals surface area contributed by atoms with E-state index in [2.05, 4.69) is 4.90 Å². The Hall–Kier alpha value is -1.62. The molecule has 1 aromatic carbocycles. The lowest BCUT2D eigenvalue weighted by atomic mass is 10.1. The number of hydrogen-bond donors (Lipinski definition) is 0. The lowest BCUT2D eigenvalue weighted by Crippen LogP contribution is -2.33. The first kappa shape index (κ1) is 12.8. The summed E-state index contributed by atoms with van der Waals surface area (Å²) in [5.41, 5.74) is 0.0745. The zero-order valence-corrected chi connectivity index (χ0v) is 10.4. The molecule has 0 aliphatic carbocycles. The fourth-order valence-electron chi connectivity index (χ4n) is 2.16. The molecule has 0 radical (unpaired) electrons. The van der Waals surface area contributed by atoms with Crippen LogP contribution in [0.5, 0.6) is 5.75 Å². The Kier molecular flexibility index (Phi) is 4.52. The first-order valence-corrected chi connectivity index (χ1v) is 6.35. The van der Waals surface area contributed by atoms with Crippen LogP contribution >= 0.6 is 0 Å². The van der Waals surface area contributed by atoms with E-state index >= 15 is 0 Å². The lowest BCUT2D eigenvalue weighted by Gasteiger charge is -2.26. The van der Waals surface area contributed by atoms with Crippen LogP contribution in [0.3, 0.4) is 0 Å². The highest BCUT2D eigenvalue weighted by Gasteiger charge is 2.10. The van der Waals surface area contributed by atoms with Crippen molar-refractivity contribution < 1.29 is 9.66 Å². The van der Waals surface area contributed by atoms with E-state index in [1.807, 2.05) is 0 Å². The van der Waals surface area contributed by atoms with Gasteiger partial charge < -0.3 is 4.74 Å². The second-order valence-electron chi connectivity index (χ2n) is 4.51. The molecule has 1 aliphatic rings. The maximum atomic E-state index is 10.6. The Balaban J connectivity index is 1.78. The summed E-state index contributed by atoms with van der Waals surface area (Å²) < 4.78 is 5.55. The number of ether oxygens (including phenoxy) is 1. The van der Waals surface area contributed by atoms with Crippen molar-refractivity contribution in [3.8, 4) is 5.75 Å². The third-order valence-electron chi connectivity index (χ3n) is 3.15. The fraction of sp³-hybridized carbons (Fsp3) is 0.538. The SMILES string of the molecule is O=[N+]([O-])c1cccc(OCCN2CCCCC2)c1. The highest BCUT2D eigenvalue weighted by atomic mass is 16.6. The Bertz CT molecular complexity index is 403. The van der Waals surface area contributed by atoms with Crippen LogP contribution in [0, 0.1) is 10.1 Å². The van der Waals surface area contributed by atoms with Gasteiger partial charge in [0.15, 0.2) is 0 Å². The molecule has 0 amide bonds. The van der Waals surface area contributed by atoms with Crippen molar-refractivity contribution in [1.82, 2.24) is 4.90 Å². The normalized spacial score (nSPS) is 16.4. The van der Waals surface area contributed by atoms with Gasteiger partial charge in [-0.05, 0) is 32.0 Å². The van der Waals surface area contributed by atoms with Crippen LogP contribution in [-0.2, 0) is 0 Å². The predicted molar refractivity (Wildman–Crippen MR) is 68.9 cm³/mol. The minimum Gasteiger partial charge on any atom is -0.492 e. The molecular weight excluding hydrogens is 232 g/mol. The number of non-ortho nitro benzene ring substituents is 1. The molecule has 0 N–H and O–H groups in total. The van der Waals surface area contributed by atoms with Crippen LogP contribution in [0.15, 0.2) is 24.3 Å². The van der Waals surface area contributed by atoms with Gasteiger partial charge in [0.05, 0.1) is 11.0 Å². The number of nitrogens with zero attached hydrogens (tertiary/aromatic N) is 2. The van der Waals surface area contributed by atoms with Crippen molar-refractivity contribution in [2.75, 3.05) is 26.2 Å². The molecule has 5 heteroatoms. The molecule has 1 saturated heterocycles. The van der Waals surface area contributed by atoms with Crippen molar-refractivity contribution in [2.45, 2.75) is 19.3 Å². The molecule has 0 spiro atoms. The molecule has 0 unspecified atom stereocenters. The van der Waals surface area contributed by atoms with Crippen LogP contribution < -0.4 is 4.74 Å². The smallest absolute Gasteiger partial charge is 0.273 e. The third-order valence-corrected chi connectivity index (χ3v) is 3.15. The third kappa shape index (κ3) is 3.70. The zero-order valence-electron chi connectivity index (χ0n) is 10.4. The Morgan fingerprint density at radius 2 is 2.06 bits per heavy atom. The van der Waals surface area contributed by atoms with Gasteiger partial charge in [-0.15, -0.1) is 0 Å². The number of nitro benzene ring substituents is 1. The van der Waals surface area contributed by atoms with Crippen molar-refractivity contribution in [3.05, 3.63) is 34.4 Å². The first-order valence-electron chi connectivity index (χ1n) is 6.35. The molecule has 1 aliphatic heterocycles. The van der Waals surface area contributed by atoms with Crippen LogP contribution in [0.25, 0.3) is 0 Å². The van der Waals surface area contributed by atoms with Crippen LogP contribution in [-0.4, -0.2) is 36.1 Å².